The smallest absolute Gasteiger partial charge is 0.323 e. The van der Waals surface area contributed by atoms with E-state index >= 15 is 0 Å². The summed E-state index contributed by atoms with van der Waals surface area (Å²) >= 11 is 1.53. The predicted molar refractivity (Wildman–Crippen MR) is 77.9 cm³/mol. The second-order valence-electron chi connectivity index (χ2n) is 4.51. The molecule has 0 saturated heterocycles. The van der Waals surface area contributed by atoms with Crippen molar-refractivity contribution in [2.45, 2.75) is 6.92 Å². The molecule has 0 aliphatic rings. The van der Waals surface area contributed by atoms with Gasteiger partial charge < -0.3 is 15.7 Å². The molecule has 0 spiro atoms. The molecule has 20 heavy (non-hydrogen) atoms. The normalized spacial score (nSPS) is 11.7. The van der Waals surface area contributed by atoms with Gasteiger partial charge in [-0.05, 0) is 19.1 Å². The van der Waals surface area contributed by atoms with Crippen LogP contribution < -0.4 is 11.4 Å². The number of nitrogens with zero attached hydrogens (tertiary/aromatic N) is 3. The number of imidazole rings is 1. The quantitative estimate of drug-likeness (QED) is 0.493. The number of aromatic amines is 2. The summed E-state index contributed by atoms with van der Waals surface area (Å²) in [6.45, 7) is 2.01. The van der Waals surface area contributed by atoms with Gasteiger partial charge in [0.1, 0.15) is 0 Å². The molecule has 7 nitrogen and oxygen atoms in total. The van der Waals surface area contributed by atoms with Crippen molar-refractivity contribution in [3.63, 3.8) is 0 Å². The van der Waals surface area contributed by atoms with Crippen LogP contribution in [-0.2, 0) is 0 Å². The van der Waals surface area contributed by atoms with Crippen molar-refractivity contribution < 1.29 is 0 Å². The van der Waals surface area contributed by atoms with Crippen LogP contribution in [-0.4, -0.2) is 24.6 Å². The Morgan fingerprint density at radius 3 is 2.95 bits per heavy atom. The number of nitrogens with one attached hydrogen (secondary N) is 2. The molecule has 0 radical (unpaired) electrons. The Hall–Kier alpha value is -2.61. The fraction of sp³-hybridized carbons (Fsp3) is 0.0833. The van der Waals surface area contributed by atoms with E-state index in [4.69, 9.17) is 5.73 Å². The van der Waals surface area contributed by atoms with Crippen LogP contribution in [0.3, 0.4) is 0 Å². The summed E-state index contributed by atoms with van der Waals surface area (Å²) in [7, 11) is 0. The number of anilines is 1. The topological polar surface area (TPSA) is 105 Å². The molecule has 3 aromatic heterocycles. The monoisotopic (exact) mass is 286 g/mol. The van der Waals surface area contributed by atoms with E-state index in [-0.39, 0.29) is 11.6 Å². The first-order valence-corrected chi connectivity index (χ1v) is 6.77. The van der Waals surface area contributed by atoms with Crippen LogP contribution in [0, 0.1) is 6.92 Å². The fourth-order valence-corrected chi connectivity index (χ4v) is 3.30. The minimum atomic E-state index is -0.214. The summed E-state index contributed by atoms with van der Waals surface area (Å²) in [5, 5.41) is 4.21. The molecule has 0 aliphatic heterocycles. The van der Waals surface area contributed by atoms with Crippen molar-refractivity contribution in [2.75, 3.05) is 5.73 Å². The molecule has 8 heteroatoms. The third-order valence-electron chi connectivity index (χ3n) is 3.17. The molecule has 0 saturated carbocycles. The Morgan fingerprint density at radius 1 is 1.30 bits per heavy atom. The zero-order chi connectivity index (χ0) is 13.9. The van der Waals surface area contributed by atoms with Crippen LogP contribution in [0.1, 0.15) is 4.88 Å². The van der Waals surface area contributed by atoms with Crippen molar-refractivity contribution in [3.05, 3.63) is 33.6 Å². The van der Waals surface area contributed by atoms with E-state index in [1.807, 2.05) is 25.1 Å². The summed E-state index contributed by atoms with van der Waals surface area (Å²) in [6.07, 6.45) is 0. The summed E-state index contributed by atoms with van der Waals surface area (Å²) in [6, 6.07) is 5.73. The van der Waals surface area contributed by atoms with Crippen LogP contribution in [0.4, 0.5) is 5.95 Å². The van der Waals surface area contributed by atoms with Gasteiger partial charge in [-0.1, -0.05) is 17.4 Å². The summed E-state index contributed by atoms with van der Waals surface area (Å²) in [5.74, 6) is 0.258. The first kappa shape index (κ1) is 11.2. The van der Waals surface area contributed by atoms with Crippen molar-refractivity contribution >= 4 is 33.3 Å². The fourth-order valence-electron chi connectivity index (χ4n) is 2.36. The number of H-pyrrole nitrogens is 2. The molecule has 4 N–H and O–H groups in total. The molecule has 0 bridgehead atoms. The number of aryl methyl sites for hydroxylation is 1. The number of fused-ring (bicyclic) bond motifs is 2. The van der Waals surface area contributed by atoms with Crippen molar-refractivity contribution in [3.8, 4) is 11.3 Å². The lowest BCUT2D eigenvalue weighted by Gasteiger charge is -2.01. The maximum Gasteiger partial charge on any atom is 0.323 e. The van der Waals surface area contributed by atoms with Crippen molar-refractivity contribution in [1.29, 1.82) is 0 Å². The van der Waals surface area contributed by atoms with Gasteiger partial charge in [-0.2, -0.15) is 4.98 Å². The minimum Gasteiger partial charge on any atom is -0.366 e. The SMILES string of the molecule is Cc1sc2nc(N)nn2c1-c1ccc2[nH]c(=O)[nH]c2c1. The van der Waals surface area contributed by atoms with Gasteiger partial charge in [0, 0.05) is 10.4 Å². The molecule has 3 heterocycles. The van der Waals surface area contributed by atoms with E-state index in [0.717, 1.165) is 32.1 Å². The maximum absolute atomic E-state index is 11.3. The summed E-state index contributed by atoms with van der Waals surface area (Å²) < 4.78 is 1.74. The summed E-state index contributed by atoms with van der Waals surface area (Å²) in [4.78, 5) is 22.8. The van der Waals surface area contributed by atoms with Crippen LogP contribution in [0.5, 0.6) is 0 Å². The van der Waals surface area contributed by atoms with E-state index in [9.17, 15) is 4.79 Å². The van der Waals surface area contributed by atoms with Gasteiger partial charge in [-0.25, -0.2) is 9.31 Å². The number of thiazole rings is 1. The number of rotatable bonds is 1. The Kier molecular flexibility index (Phi) is 2.08. The highest BCUT2D eigenvalue weighted by Gasteiger charge is 2.15. The third-order valence-corrected chi connectivity index (χ3v) is 4.12. The average Bonchev–Trinajstić information content (AvgIpc) is 2.99. The lowest BCUT2D eigenvalue weighted by molar-refractivity contribution is 0.988. The molecular weight excluding hydrogens is 276 g/mol. The van der Waals surface area contributed by atoms with Gasteiger partial charge in [-0.15, -0.1) is 5.10 Å². The minimum absolute atomic E-state index is 0.214. The maximum atomic E-state index is 11.3. The van der Waals surface area contributed by atoms with Crippen LogP contribution >= 0.6 is 11.3 Å². The second-order valence-corrected chi connectivity index (χ2v) is 5.69. The third kappa shape index (κ3) is 1.48. The Bertz CT molecular complexity index is 1000. The molecule has 0 unspecified atom stereocenters. The predicted octanol–water partition coefficient (Wildman–Crippen LogP) is 1.52. The number of aromatic nitrogens is 5. The molecule has 1 aromatic carbocycles. The van der Waals surface area contributed by atoms with Crippen LogP contribution in [0.2, 0.25) is 0 Å². The van der Waals surface area contributed by atoms with Gasteiger partial charge in [0.15, 0.2) is 0 Å². The van der Waals surface area contributed by atoms with Crippen molar-refractivity contribution in [2.24, 2.45) is 0 Å². The molecule has 0 atom stereocenters. The standard InChI is InChI=1S/C12H10N6OS/c1-5-9(18-12(20-5)16-10(13)17-18)6-2-3-7-8(4-6)15-11(19)14-7/h2-4H,1H3,(H2,13,17)(H2,14,15,19). The van der Waals surface area contributed by atoms with E-state index in [1.165, 1.54) is 11.3 Å². The number of hydrogen-bond acceptors (Lipinski definition) is 5. The molecule has 0 fully saturated rings. The molecule has 4 aromatic rings. The zero-order valence-corrected chi connectivity index (χ0v) is 11.3. The van der Waals surface area contributed by atoms with Crippen LogP contribution in [0.25, 0.3) is 27.3 Å². The zero-order valence-electron chi connectivity index (χ0n) is 10.5. The van der Waals surface area contributed by atoms with E-state index in [1.54, 1.807) is 4.52 Å². The van der Waals surface area contributed by atoms with Gasteiger partial charge in [0.05, 0.1) is 16.7 Å². The highest BCUT2D eigenvalue weighted by atomic mass is 32.1. The summed E-state index contributed by atoms with van der Waals surface area (Å²) in [5.41, 5.74) is 8.87. The van der Waals surface area contributed by atoms with E-state index < -0.39 is 0 Å². The largest absolute Gasteiger partial charge is 0.366 e. The highest BCUT2D eigenvalue weighted by molar-refractivity contribution is 7.17. The highest BCUT2D eigenvalue weighted by Crippen LogP contribution is 2.31. The van der Waals surface area contributed by atoms with Gasteiger partial charge in [0.2, 0.25) is 10.9 Å². The lowest BCUT2D eigenvalue weighted by Crippen LogP contribution is -1.99. The molecule has 0 aliphatic carbocycles. The number of nitrogen functional groups attached to an aromatic ring is 1. The number of hydrogen-bond donors (Lipinski definition) is 3. The van der Waals surface area contributed by atoms with Gasteiger partial charge in [-0.3, -0.25) is 0 Å². The average molecular weight is 286 g/mol. The Balaban J connectivity index is 2.03. The Labute approximate surface area is 116 Å². The molecule has 100 valence electrons. The Morgan fingerprint density at radius 2 is 2.10 bits per heavy atom. The number of nitrogens with two attached hydrogens (primary N) is 1. The first-order valence-electron chi connectivity index (χ1n) is 5.96. The van der Waals surface area contributed by atoms with Gasteiger partial charge >= 0.3 is 5.69 Å². The lowest BCUT2D eigenvalue weighted by atomic mass is 10.1. The number of benzene rings is 1. The van der Waals surface area contributed by atoms with E-state index in [0.29, 0.717) is 0 Å². The first-order chi connectivity index (χ1) is 9.61. The van der Waals surface area contributed by atoms with E-state index in [2.05, 4.69) is 20.1 Å². The molecular formula is C12H10N6OS. The molecule has 4 rings (SSSR count). The van der Waals surface area contributed by atoms with Crippen LogP contribution in [0.15, 0.2) is 23.0 Å². The van der Waals surface area contributed by atoms with Crippen molar-refractivity contribution in [1.82, 2.24) is 24.6 Å². The molecule has 0 amide bonds. The second kappa shape index (κ2) is 3.70. The van der Waals surface area contributed by atoms with Gasteiger partial charge in [0.25, 0.3) is 0 Å².